The molecule has 0 bridgehead atoms. The molecule has 2 atom stereocenters. The first-order chi connectivity index (χ1) is 7.46. The van der Waals surface area contributed by atoms with E-state index in [1.54, 1.807) is 6.26 Å². The molecule has 2 unspecified atom stereocenters. The second-order valence-corrected chi connectivity index (χ2v) is 6.75. The molecule has 1 saturated heterocycles. The van der Waals surface area contributed by atoms with Gasteiger partial charge in [-0.3, -0.25) is 14.3 Å². The summed E-state index contributed by atoms with van der Waals surface area (Å²) in [4.78, 5) is 14.1. The highest BCUT2D eigenvalue weighted by Crippen LogP contribution is 2.43. The van der Waals surface area contributed by atoms with E-state index in [0.717, 1.165) is 12.8 Å². The summed E-state index contributed by atoms with van der Waals surface area (Å²) in [5.74, 6) is 1.19. The third-order valence-corrected chi connectivity index (χ3v) is 4.19. The zero-order chi connectivity index (χ0) is 11.9. The van der Waals surface area contributed by atoms with Crippen LogP contribution in [0.1, 0.15) is 26.7 Å². The average molecular weight is 244 g/mol. The number of nitrogens with one attached hydrogen (secondary N) is 1. The molecule has 0 aromatic carbocycles. The Morgan fingerprint density at radius 3 is 2.62 bits per heavy atom. The van der Waals surface area contributed by atoms with Crippen molar-refractivity contribution in [1.29, 1.82) is 0 Å². The summed E-state index contributed by atoms with van der Waals surface area (Å²) < 4.78 is 11.1. The van der Waals surface area contributed by atoms with Crippen molar-refractivity contribution in [3.8, 4) is 0 Å². The Kier molecular flexibility index (Phi) is 3.09. The van der Waals surface area contributed by atoms with Crippen molar-refractivity contribution >= 4 is 16.7 Å². The van der Waals surface area contributed by atoms with Crippen LogP contribution < -0.4 is 5.32 Å². The third-order valence-electron chi connectivity index (χ3n) is 3.43. The molecule has 1 heterocycles. The SMILES string of the molecule is CC(C)C1NC2(CC2)C(=O)N1CCS(C)=O. The molecule has 2 aliphatic rings. The number of carbonyl (C=O) groups excluding carboxylic acids is 1. The topological polar surface area (TPSA) is 49.4 Å². The van der Waals surface area contributed by atoms with E-state index in [2.05, 4.69) is 19.2 Å². The summed E-state index contributed by atoms with van der Waals surface area (Å²) in [6, 6.07) is 0. The van der Waals surface area contributed by atoms with E-state index in [0.29, 0.717) is 18.2 Å². The van der Waals surface area contributed by atoms with Crippen molar-refractivity contribution in [3.05, 3.63) is 0 Å². The molecule has 1 N–H and O–H groups in total. The van der Waals surface area contributed by atoms with E-state index in [9.17, 15) is 9.00 Å². The molecule has 2 fully saturated rings. The van der Waals surface area contributed by atoms with Gasteiger partial charge in [0, 0.05) is 29.4 Å². The predicted molar refractivity (Wildman–Crippen MR) is 64.4 cm³/mol. The zero-order valence-corrected chi connectivity index (χ0v) is 11.0. The average Bonchev–Trinajstić information content (AvgIpc) is 2.90. The Morgan fingerprint density at radius 1 is 1.56 bits per heavy atom. The highest BCUT2D eigenvalue weighted by molar-refractivity contribution is 7.84. The van der Waals surface area contributed by atoms with Crippen LogP contribution in [0.5, 0.6) is 0 Å². The highest BCUT2D eigenvalue weighted by Gasteiger charge is 2.59. The monoisotopic (exact) mass is 244 g/mol. The summed E-state index contributed by atoms with van der Waals surface area (Å²) in [6.07, 6.45) is 3.73. The van der Waals surface area contributed by atoms with Crippen molar-refractivity contribution in [3.63, 3.8) is 0 Å². The number of rotatable bonds is 4. The van der Waals surface area contributed by atoms with Crippen molar-refractivity contribution in [2.24, 2.45) is 5.92 Å². The van der Waals surface area contributed by atoms with Crippen LogP contribution in [0.25, 0.3) is 0 Å². The minimum Gasteiger partial charge on any atom is -0.324 e. The summed E-state index contributed by atoms with van der Waals surface area (Å²) >= 11 is 0. The van der Waals surface area contributed by atoms with Crippen molar-refractivity contribution in [2.75, 3.05) is 18.6 Å². The Labute approximate surface area is 99.2 Å². The number of hydrogen-bond acceptors (Lipinski definition) is 3. The molecule has 4 nitrogen and oxygen atoms in total. The van der Waals surface area contributed by atoms with E-state index in [4.69, 9.17) is 0 Å². The lowest BCUT2D eigenvalue weighted by molar-refractivity contribution is -0.130. The molecule has 0 radical (unpaired) electrons. The zero-order valence-electron chi connectivity index (χ0n) is 10.2. The van der Waals surface area contributed by atoms with Gasteiger partial charge in [0.25, 0.3) is 0 Å². The molecule has 2 rings (SSSR count). The Balaban J connectivity index is 2.06. The maximum atomic E-state index is 12.2. The minimum atomic E-state index is -0.831. The van der Waals surface area contributed by atoms with E-state index in [-0.39, 0.29) is 17.6 Å². The van der Waals surface area contributed by atoms with Crippen LogP contribution in [0, 0.1) is 5.92 Å². The first-order valence-corrected chi connectivity index (χ1v) is 7.58. The quantitative estimate of drug-likeness (QED) is 0.774. The van der Waals surface area contributed by atoms with E-state index in [1.165, 1.54) is 0 Å². The van der Waals surface area contributed by atoms with Crippen LogP contribution in [0.2, 0.25) is 0 Å². The maximum absolute atomic E-state index is 12.2. The molecule has 0 aromatic heterocycles. The Morgan fingerprint density at radius 2 is 2.19 bits per heavy atom. The van der Waals surface area contributed by atoms with Gasteiger partial charge in [-0.2, -0.15) is 0 Å². The fourth-order valence-electron chi connectivity index (χ4n) is 2.30. The third kappa shape index (κ3) is 2.02. The van der Waals surface area contributed by atoms with Gasteiger partial charge in [0.15, 0.2) is 0 Å². The van der Waals surface area contributed by atoms with Gasteiger partial charge in [-0.05, 0) is 18.8 Å². The summed E-state index contributed by atoms with van der Waals surface area (Å²) in [7, 11) is -0.831. The first-order valence-electron chi connectivity index (χ1n) is 5.85. The smallest absolute Gasteiger partial charge is 0.244 e. The fraction of sp³-hybridized carbons (Fsp3) is 0.909. The maximum Gasteiger partial charge on any atom is 0.244 e. The number of hydrogen-bond donors (Lipinski definition) is 1. The summed E-state index contributed by atoms with van der Waals surface area (Å²) in [5.41, 5.74) is -0.246. The lowest BCUT2D eigenvalue weighted by atomic mass is 10.1. The largest absolute Gasteiger partial charge is 0.324 e. The minimum absolute atomic E-state index is 0.124. The van der Waals surface area contributed by atoms with Gasteiger partial charge < -0.3 is 4.90 Å². The van der Waals surface area contributed by atoms with Gasteiger partial charge in [-0.1, -0.05) is 13.8 Å². The molecule has 1 spiro atoms. The van der Waals surface area contributed by atoms with Gasteiger partial charge in [0.2, 0.25) is 5.91 Å². The lowest BCUT2D eigenvalue weighted by Crippen LogP contribution is -2.43. The predicted octanol–water partition coefficient (Wildman–Crippen LogP) is 0.311. The van der Waals surface area contributed by atoms with E-state index in [1.807, 2.05) is 4.90 Å². The van der Waals surface area contributed by atoms with Gasteiger partial charge in [-0.15, -0.1) is 0 Å². The summed E-state index contributed by atoms with van der Waals surface area (Å²) in [5, 5.41) is 3.44. The van der Waals surface area contributed by atoms with Crippen molar-refractivity contribution in [2.45, 2.75) is 38.4 Å². The van der Waals surface area contributed by atoms with Crippen molar-refractivity contribution < 1.29 is 9.00 Å². The normalized spacial score (nSPS) is 29.1. The van der Waals surface area contributed by atoms with E-state index < -0.39 is 10.8 Å². The second kappa shape index (κ2) is 4.11. The van der Waals surface area contributed by atoms with Gasteiger partial charge >= 0.3 is 0 Å². The lowest BCUT2D eigenvalue weighted by Gasteiger charge is -2.26. The standard InChI is InChI=1S/C11H20N2O2S/c1-8(2)9-12-11(4-5-11)10(14)13(9)6-7-16(3)15/h8-9,12H,4-7H2,1-3H3. The molecule has 1 amide bonds. The molecule has 5 heteroatoms. The van der Waals surface area contributed by atoms with Gasteiger partial charge in [-0.25, -0.2) is 0 Å². The first kappa shape index (κ1) is 12.0. The van der Waals surface area contributed by atoms with Crippen LogP contribution in [0.3, 0.4) is 0 Å². The van der Waals surface area contributed by atoms with Crippen LogP contribution >= 0.6 is 0 Å². The van der Waals surface area contributed by atoms with Crippen LogP contribution in [0.4, 0.5) is 0 Å². The molecule has 1 aliphatic carbocycles. The molecule has 0 aromatic rings. The Hall–Kier alpha value is -0.420. The summed E-state index contributed by atoms with van der Waals surface area (Å²) in [6.45, 7) is 4.84. The number of nitrogens with zero attached hydrogens (tertiary/aromatic N) is 1. The molecule has 1 aliphatic heterocycles. The second-order valence-electron chi connectivity index (χ2n) is 5.19. The highest BCUT2D eigenvalue weighted by atomic mass is 32.2. The molecule has 16 heavy (non-hydrogen) atoms. The van der Waals surface area contributed by atoms with Crippen LogP contribution in [-0.4, -0.2) is 45.3 Å². The van der Waals surface area contributed by atoms with Crippen LogP contribution in [-0.2, 0) is 15.6 Å². The van der Waals surface area contributed by atoms with Gasteiger partial charge in [0.05, 0.1) is 11.7 Å². The number of amides is 1. The molecule has 1 saturated carbocycles. The molecular weight excluding hydrogens is 224 g/mol. The number of carbonyl (C=O) groups is 1. The van der Waals surface area contributed by atoms with Crippen molar-refractivity contribution in [1.82, 2.24) is 10.2 Å². The molecule has 92 valence electrons. The fourth-order valence-corrected chi connectivity index (χ4v) is 2.76. The van der Waals surface area contributed by atoms with Gasteiger partial charge in [0.1, 0.15) is 0 Å². The Bertz CT molecular complexity index is 326. The van der Waals surface area contributed by atoms with Crippen LogP contribution in [0.15, 0.2) is 0 Å². The van der Waals surface area contributed by atoms with E-state index >= 15 is 0 Å². The molecular formula is C11H20N2O2S.